The minimum Gasteiger partial charge on any atom is -0.481 e. The van der Waals surface area contributed by atoms with Crippen molar-refractivity contribution in [2.75, 3.05) is 0 Å². The Morgan fingerprint density at radius 2 is 2.15 bits per heavy atom. The second-order valence-corrected chi connectivity index (χ2v) is 2.79. The largest absolute Gasteiger partial charge is 0.481 e. The molecule has 0 amide bonds. The third-order valence-corrected chi connectivity index (χ3v) is 1.97. The highest BCUT2D eigenvalue weighted by molar-refractivity contribution is 5.77. The molecule has 2 rings (SSSR count). The minimum absolute atomic E-state index is 0.706. The van der Waals surface area contributed by atoms with E-state index in [0.29, 0.717) is 5.56 Å². The fourth-order valence-electron chi connectivity index (χ4n) is 1.36. The monoisotopic (exact) mass is 176 g/mol. The molecule has 0 radical (unpaired) electrons. The average molecular weight is 176 g/mol. The van der Waals surface area contributed by atoms with Crippen molar-refractivity contribution >= 4 is 12.0 Å². The van der Waals surface area contributed by atoms with Crippen LogP contribution >= 0.6 is 0 Å². The van der Waals surface area contributed by atoms with Gasteiger partial charge in [0.05, 0.1) is 6.26 Å². The molecule has 1 aliphatic heterocycles. The summed E-state index contributed by atoms with van der Waals surface area (Å²) in [6.07, 6.45) is 2.32. The highest BCUT2D eigenvalue weighted by Crippen LogP contribution is 2.27. The van der Waals surface area contributed by atoms with Crippen LogP contribution in [0.2, 0.25) is 0 Å². The first kappa shape index (κ1) is 7.86. The molecule has 0 saturated heterocycles. The number of ether oxygens (including phenoxy) is 1. The molecule has 3 nitrogen and oxygen atoms in total. The molecule has 1 aliphatic rings. The van der Waals surface area contributed by atoms with Gasteiger partial charge in [-0.15, -0.1) is 0 Å². The van der Waals surface area contributed by atoms with Gasteiger partial charge in [0.25, 0.3) is 0 Å². The molecule has 66 valence electrons. The summed E-state index contributed by atoms with van der Waals surface area (Å²) < 4.78 is 4.99. The van der Waals surface area contributed by atoms with Crippen LogP contribution in [0.5, 0.6) is 0 Å². The lowest BCUT2D eigenvalue weighted by atomic mass is 10.0. The molecule has 0 aromatic heterocycles. The van der Waals surface area contributed by atoms with Crippen molar-refractivity contribution in [2.45, 2.75) is 6.10 Å². The molecule has 1 N–H and O–H groups in total. The van der Waals surface area contributed by atoms with Crippen LogP contribution in [0.4, 0.5) is 0 Å². The zero-order valence-corrected chi connectivity index (χ0v) is 6.81. The molecule has 0 bridgehead atoms. The molecular weight excluding hydrogens is 168 g/mol. The summed E-state index contributed by atoms with van der Waals surface area (Å²) in [5, 5.41) is 8.83. The van der Waals surface area contributed by atoms with Gasteiger partial charge in [-0.3, -0.25) is 0 Å². The van der Waals surface area contributed by atoms with Gasteiger partial charge in [-0.1, -0.05) is 24.3 Å². The van der Waals surface area contributed by atoms with Gasteiger partial charge in [-0.25, -0.2) is 4.79 Å². The van der Waals surface area contributed by atoms with E-state index in [4.69, 9.17) is 9.84 Å². The van der Waals surface area contributed by atoms with Crippen molar-refractivity contribution in [1.82, 2.24) is 0 Å². The average Bonchev–Trinajstić information content (AvgIpc) is 2.17. The summed E-state index contributed by atoms with van der Waals surface area (Å²) >= 11 is 0. The number of carboxylic acids is 1. The Morgan fingerprint density at radius 1 is 1.38 bits per heavy atom. The standard InChI is InChI=1S/C10H8O3/c11-10(12)9-8-4-2-1-3-7(8)5-6-13-9/h1-6,9H,(H,11,12). The van der Waals surface area contributed by atoms with Crippen molar-refractivity contribution in [2.24, 2.45) is 0 Å². The number of hydrogen-bond acceptors (Lipinski definition) is 2. The van der Waals surface area contributed by atoms with Crippen molar-refractivity contribution in [3.05, 3.63) is 41.7 Å². The minimum atomic E-state index is -0.961. The smallest absolute Gasteiger partial charge is 0.349 e. The maximum Gasteiger partial charge on any atom is 0.349 e. The molecule has 3 heteroatoms. The van der Waals surface area contributed by atoms with Crippen LogP contribution in [0, 0.1) is 0 Å². The molecule has 1 unspecified atom stereocenters. The SMILES string of the molecule is O=C(O)C1OC=Cc2ccccc21. The second-order valence-electron chi connectivity index (χ2n) is 2.79. The Labute approximate surface area is 75.3 Å². The lowest BCUT2D eigenvalue weighted by Gasteiger charge is -2.18. The summed E-state index contributed by atoms with van der Waals surface area (Å²) in [5.41, 5.74) is 1.61. The summed E-state index contributed by atoms with van der Waals surface area (Å²) in [5.74, 6) is -0.961. The van der Waals surface area contributed by atoms with Gasteiger partial charge >= 0.3 is 5.97 Å². The van der Waals surface area contributed by atoms with Gasteiger partial charge in [0.1, 0.15) is 0 Å². The lowest BCUT2D eigenvalue weighted by Crippen LogP contribution is -2.16. The van der Waals surface area contributed by atoms with E-state index in [1.54, 1.807) is 18.2 Å². The van der Waals surface area contributed by atoms with Gasteiger partial charge in [0.2, 0.25) is 6.10 Å². The van der Waals surface area contributed by atoms with E-state index >= 15 is 0 Å². The number of benzene rings is 1. The zero-order valence-electron chi connectivity index (χ0n) is 6.81. The fraction of sp³-hybridized carbons (Fsp3) is 0.100. The van der Waals surface area contributed by atoms with E-state index in [2.05, 4.69) is 0 Å². The van der Waals surface area contributed by atoms with Crippen LogP contribution in [0.3, 0.4) is 0 Å². The van der Waals surface area contributed by atoms with Crippen molar-refractivity contribution in [3.8, 4) is 0 Å². The van der Waals surface area contributed by atoms with Crippen LogP contribution in [0.15, 0.2) is 30.5 Å². The molecule has 1 aromatic rings. The number of carboxylic acid groups (broad SMARTS) is 1. The maximum absolute atomic E-state index is 10.8. The predicted octanol–water partition coefficient (Wildman–Crippen LogP) is 1.81. The lowest BCUT2D eigenvalue weighted by molar-refractivity contribution is -0.147. The van der Waals surface area contributed by atoms with E-state index in [0.717, 1.165) is 5.56 Å². The Hall–Kier alpha value is -1.77. The quantitative estimate of drug-likeness (QED) is 0.709. The normalized spacial score (nSPS) is 18.9. The van der Waals surface area contributed by atoms with Gasteiger partial charge in [-0.05, 0) is 11.6 Å². The summed E-state index contributed by atoms with van der Waals surface area (Å²) in [7, 11) is 0. The van der Waals surface area contributed by atoms with Gasteiger partial charge < -0.3 is 9.84 Å². The topological polar surface area (TPSA) is 46.5 Å². The molecule has 13 heavy (non-hydrogen) atoms. The Balaban J connectivity index is 2.49. The highest BCUT2D eigenvalue weighted by Gasteiger charge is 2.24. The number of fused-ring (bicyclic) bond motifs is 1. The number of rotatable bonds is 1. The van der Waals surface area contributed by atoms with E-state index in [1.165, 1.54) is 6.26 Å². The van der Waals surface area contributed by atoms with Gasteiger partial charge in [0, 0.05) is 5.56 Å². The summed E-state index contributed by atoms with van der Waals surface area (Å²) in [4.78, 5) is 10.8. The van der Waals surface area contributed by atoms with Crippen molar-refractivity contribution in [3.63, 3.8) is 0 Å². The maximum atomic E-state index is 10.8. The van der Waals surface area contributed by atoms with Crippen LogP contribution in [-0.2, 0) is 9.53 Å². The van der Waals surface area contributed by atoms with E-state index in [1.807, 2.05) is 12.1 Å². The molecule has 1 atom stereocenters. The van der Waals surface area contributed by atoms with E-state index in [9.17, 15) is 4.79 Å². The van der Waals surface area contributed by atoms with E-state index in [-0.39, 0.29) is 0 Å². The summed E-state index contributed by atoms with van der Waals surface area (Å²) in [6, 6.07) is 7.30. The fourth-order valence-corrected chi connectivity index (χ4v) is 1.36. The second kappa shape index (κ2) is 2.94. The highest BCUT2D eigenvalue weighted by atomic mass is 16.5. The molecule has 0 aliphatic carbocycles. The molecule has 1 aromatic carbocycles. The molecule has 1 heterocycles. The van der Waals surface area contributed by atoms with Crippen molar-refractivity contribution < 1.29 is 14.6 Å². The predicted molar refractivity (Wildman–Crippen MR) is 46.9 cm³/mol. The Morgan fingerprint density at radius 3 is 2.92 bits per heavy atom. The molecule has 0 saturated carbocycles. The van der Waals surface area contributed by atoms with Crippen molar-refractivity contribution in [1.29, 1.82) is 0 Å². The Kier molecular flexibility index (Phi) is 1.77. The number of carbonyl (C=O) groups is 1. The molecule has 0 fully saturated rings. The summed E-state index contributed by atoms with van der Waals surface area (Å²) in [6.45, 7) is 0. The van der Waals surface area contributed by atoms with Crippen LogP contribution in [-0.4, -0.2) is 11.1 Å². The van der Waals surface area contributed by atoms with Gasteiger partial charge in [0.15, 0.2) is 0 Å². The van der Waals surface area contributed by atoms with Crippen LogP contribution in [0.1, 0.15) is 17.2 Å². The molecule has 0 spiro atoms. The zero-order chi connectivity index (χ0) is 9.26. The first-order valence-electron chi connectivity index (χ1n) is 3.93. The van der Waals surface area contributed by atoms with Crippen LogP contribution < -0.4 is 0 Å². The number of hydrogen-bond donors (Lipinski definition) is 1. The van der Waals surface area contributed by atoms with Gasteiger partial charge in [-0.2, -0.15) is 0 Å². The number of aliphatic carboxylic acids is 1. The van der Waals surface area contributed by atoms with E-state index < -0.39 is 12.1 Å². The van der Waals surface area contributed by atoms with Crippen LogP contribution in [0.25, 0.3) is 6.08 Å². The first-order valence-corrected chi connectivity index (χ1v) is 3.93. The third-order valence-electron chi connectivity index (χ3n) is 1.97. The third kappa shape index (κ3) is 1.28. The molecular formula is C10H8O3. The first-order chi connectivity index (χ1) is 6.29. The Bertz CT molecular complexity index is 368.